The lowest BCUT2D eigenvalue weighted by molar-refractivity contribution is 0.211. The Kier molecular flexibility index (Phi) is 10.4. The van der Waals surface area contributed by atoms with E-state index in [4.69, 9.17) is 0 Å². The molecule has 1 aliphatic heterocycles. The highest BCUT2D eigenvalue weighted by Crippen LogP contribution is 2.23. The average Bonchev–Trinajstić information content (AvgIpc) is 2.44. The zero-order valence-electron chi connectivity index (χ0n) is 15.2. The second kappa shape index (κ2) is 11.5. The van der Waals surface area contributed by atoms with Gasteiger partial charge in [-0.3, -0.25) is 4.90 Å². The Morgan fingerprint density at radius 2 is 1.52 bits per heavy atom. The molecule has 21 heavy (non-hydrogen) atoms. The van der Waals surface area contributed by atoms with Crippen molar-refractivity contribution in [1.82, 2.24) is 4.90 Å². The maximum Gasteiger partial charge on any atom is 0.0409 e. The van der Waals surface area contributed by atoms with Crippen LogP contribution in [-0.4, -0.2) is 32.8 Å². The molecular weight excluding hydrogens is 270 g/mol. The summed E-state index contributed by atoms with van der Waals surface area (Å²) in [5.41, 5.74) is 1.76. The van der Waals surface area contributed by atoms with Crippen LogP contribution >= 0.6 is 0 Å². The van der Waals surface area contributed by atoms with Gasteiger partial charge in [-0.05, 0) is 45.8 Å². The number of likely N-dealkylation sites (tertiary alicyclic amines) is 1. The van der Waals surface area contributed by atoms with E-state index >= 15 is 0 Å². The Labute approximate surface area is 135 Å². The van der Waals surface area contributed by atoms with Crippen LogP contribution in [0.3, 0.4) is 0 Å². The van der Waals surface area contributed by atoms with Crippen LogP contribution in [0.2, 0.25) is 18.1 Å². The quantitative estimate of drug-likeness (QED) is 0.414. The highest BCUT2D eigenvalue weighted by molar-refractivity contribution is 6.59. The van der Waals surface area contributed by atoms with Gasteiger partial charge in [-0.1, -0.05) is 69.7 Å². The van der Waals surface area contributed by atoms with E-state index < -0.39 is 8.80 Å². The fourth-order valence-electron chi connectivity index (χ4n) is 3.92. The summed E-state index contributed by atoms with van der Waals surface area (Å²) < 4.78 is 0. The summed E-state index contributed by atoms with van der Waals surface area (Å²) in [5.74, 6) is 0. The molecule has 1 atom stereocenters. The van der Waals surface area contributed by atoms with Crippen LogP contribution in [0.25, 0.3) is 0 Å². The molecule has 2 heteroatoms. The summed E-state index contributed by atoms with van der Waals surface area (Å²) in [5, 5.41) is 0. The first-order valence-electron chi connectivity index (χ1n) is 9.62. The van der Waals surface area contributed by atoms with Crippen molar-refractivity contribution < 1.29 is 0 Å². The van der Waals surface area contributed by atoms with E-state index in [9.17, 15) is 0 Å². The Balaban J connectivity index is 2.59. The van der Waals surface area contributed by atoms with Crippen molar-refractivity contribution in [3.8, 4) is 0 Å². The van der Waals surface area contributed by atoms with Crippen LogP contribution in [0.15, 0.2) is 11.6 Å². The molecule has 0 bridgehead atoms. The van der Waals surface area contributed by atoms with Gasteiger partial charge >= 0.3 is 0 Å². The van der Waals surface area contributed by atoms with Gasteiger partial charge in [-0.15, -0.1) is 0 Å². The number of hydrogen-bond acceptors (Lipinski definition) is 1. The molecule has 0 radical (unpaired) electrons. The van der Waals surface area contributed by atoms with Gasteiger partial charge in [0.2, 0.25) is 0 Å². The lowest BCUT2D eigenvalue weighted by Gasteiger charge is -2.33. The molecule has 1 heterocycles. The molecule has 1 aliphatic rings. The van der Waals surface area contributed by atoms with Gasteiger partial charge < -0.3 is 0 Å². The zero-order chi connectivity index (χ0) is 15.5. The Hall–Kier alpha value is -0.0831. The van der Waals surface area contributed by atoms with Crippen molar-refractivity contribution in [2.24, 2.45) is 0 Å². The Bertz CT molecular complexity index is 273. The first kappa shape index (κ1) is 19.0. The molecule has 1 fully saturated rings. The molecule has 0 N–H and O–H groups in total. The molecule has 0 amide bonds. The maximum atomic E-state index is 2.78. The Morgan fingerprint density at radius 1 is 1.00 bits per heavy atom. The molecule has 1 saturated heterocycles. The predicted octanol–water partition coefficient (Wildman–Crippen LogP) is 5.63. The van der Waals surface area contributed by atoms with Crippen LogP contribution in [0, 0.1) is 0 Å². The summed E-state index contributed by atoms with van der Waals surface area (Å²) in [4.78, 5) is 2.78. The maximum absolute atomic E-state index is 2.78. The highest BCUT2D eigenvalue weighted by atomic mass is 28.3. The molecule has 0 aromatic heterocycles. The zero-order valence-corrected chi connectivity index (χ0v) is 16.3. The molecule has 0 aromatic carbocycles. The summed E-state index contributed by atoms with van der Waals surface area (Å²) in [6, 6.07) is 5.24. The summed E-state index contributed by atoms with van der Waals surface area (Å²) in [6.07, 6.45) is 12.4. The molecule has 1 rings (SSSR count). The minimum atomic E-state index is -0.535. The number of hydrogen-bond donors (Lipinski definition) is 0. The third-order valence-electron chi connectivity index (χ3n) is 5.26. The second-order valence-electron chi connectivity index (χ2n) is 6.99. The molecule has 1 nitrogen and oxygen atoms in total. The van der Waals surface area contributed by atoms with E-state index in [1.807, 2.05) is 0 Å². The molecule has 0 saturated carbocycles. The topological polar surface area (TPSA) is 3.24 Å². The van der Waals surface area contributed by atoms with E-state index in [1.54, 1.807) is 5.57 Å². The van der Waals surface area contributed by atoms with E-state index in [-0.39, 0.29) is 0 Å². The van der Waals surface area contributed by atoms with Gasteiger partial charge in [0.25, 0.3) is 0 Å². The van der Waals surface area contributed by atoms with Gasteiger partial charge in [-0.2, -0.15) is 0 Å². The van der Waals surface area contributed by atoms with E-state index in [1.165, 1.54) is 76.2 Å². The fourth-order valence-corrected chi connectivity index (χ4v) is 7.50. The molecule has 0 spiro atoms. The number of nitrogens with zero attached hydrogens (tertiary/aromatic N) is 1. The monoisotopic (exact) mass is 309 g/mol. The van der Waals surface area contributed by atoms with Crippen LogP contribution < -0.4 is 0 Å². The van der Waals surface area contributed by atoms with Gasteiger partial charge in [-0.25, -0.2) is 0 Å². The minimum absolute atomic E-state index is 0.535. The van der Waals surface area contributed by atoms with Gasteiger partial charge in [0.15, 0.2) is 0 Å². The molecule has 1 unspecified atom stereocenters. The van der Waals surface area contributed by atoms with Crippen molar-refractivity contribution in [1.29, 1.82) is 0 Å². The van der Waals surface area contributed by atoms with E-state index in [2.05, 4.69) is 38.7 Å². The third-order valence-corrected chi connectivity index (χ3v) is 9.10. The lowest BCUT2D eigenvalue weighted by Crippen LogP contribution is -2.37. The highest BCUT2D eigenvalue weighted by Gasteiger charge is 2.21. The minimum Gasteiger partial charge on any atom is -0.297 e. The average molecular weight is 310 g/mol. The largest absolute Gasteiger partial charge is 0.297 e. The van der Waals surface area contributed by atoms with Gasteiger partial charge in [0.05, 0.1) is 0 Å². The lowest BCUT2D eigenvalue weighted by atomic mass is 10.0. The van der Waals surface area contributed by atoms with Crippen molar-refractivity contribution >= 4 is 8.80 Å². The predicted molar refractivity (Wildman–Crippen MR) is 100 cm³/mol. The normalized spacial score (nSPS) is 20.3. The number of allylic oxidation sites excluding steroid dienone is 1. The van der Waals surface area contributed by atoms with Crippen LogP contribution in [0.4, 0.5) is 0 Å². The van der Waals surface area contributed by atoms with Crippen molar-refractivity contribution in [3.63, 3.8) is 0 Å². The standard InChI is InChI=1S/C19H39NSi/c1-5-15-21(16-6-2)17-19(7-3)18(4)20-13-11-9-8-10-12-14-20/h7,18,21H,5-6,8-17H2,1-4H3/b19-7-. The van der Waals surface area contributed by atoms with Gasteiger partial charge in [0.1, 0.15) is 0 Å². The molecule has 0 aromatic rings. The van der Waals surface area contributed by atoms with E-state index in [0.717, 1.165) is 0 Å². The third kappa shape index (κ3) is 7.14. The number of rotatable bonds is 8. The summed E-state index contributed by atoms with van der Waals surface area (Å²) in [6.45, 7) is 12.1. The van der Waals surface area contributed by atoms with E-state index in [0.29, 0.717) is 6.04 Å². The smallest absolute Gasteiger partial charge is 0.0409 e. The van der Waals surface area contributed by atoms with Crippen LogP contribution in [0.5, 0.6) is 0 Å². The first-order valence-corrected chi connectivity index (χ1v) is 12.1. The Morgan fingerprint density at radius 3 is 2.00 bits per heavy atom. The second-order valence-corrected chi connectivity index (χ2v) is 10.3. The summed E-state index contributed by atoms with van der Waals surface area (Å²) in [7, 11) is -0.535. The fraction of sp³-hybridized carbons (Fsp3) is 0.895. The molecule has 0 aliphatic carbocycles. The van der Waals surface area contributed by atoms with Crippen LogP contribution in [0.1, 0.15) is 72.6 Å². The molecular formula is C19H39NSi. The van der Waals surface area contributed by atoms with Crippen molar-refractivity contribution in [2.45, 2.75) is 96.8 Å². The first-order chi connectivity index (χ1) is 10.2. The van der Waals surface area contributed by atoms with Crippen LogP contribution in [-0.2, 0) is 0 Å². The van der Waals surface area contributed by atoms with Crippen molar-refractivity contribution in [3.05, 3.63) is 11.6 Å². The van der Waals surface area contributed by atoms with Crippen molar-refractivity contribution in [2.75, 3.05) is 13.1 Å². The molecule has 124 valence electrons. The SMILES string of the molecule is C/C=C(/C[SiH](CCC)CCC)C(C)N1CCCCCCC1. The summed E-state index contributed by atoms with van der Waals surface area (Å²) >= 11 is 0. The van der Waals surface area contributed by atoms with Gasteiger partial charge in [0, 0.05) is 14.8 Å².